The summed E-state index contributed by atoms with van der Waals surface area (Å²) in [5.41, 5.74) is 1.57. The van der Waals surface area contributed by atoms with Crippen LogP contribution in [0.2, 0.25) is 0 Å². The molecule has 0 saturated carbocycles. The molecule has 1 rings (SSSR count). The largest absolute Gasteiger partial charge is 0.478 e. The monoisotopic (exact) mass is 179 g/mol. The number of carboxylic acids is 1. The molecule has 0 bridgehead atoms. The fourth-order valence-corrected chi connectivity index (χ4v) is 1.08. The predicted octanol–water partition coefficient (Wildman–Crippen LogP) is 1.50. The molecule has 0 heterocycles. The molecule has 2 N–H and O–H groups in total. The lowest BCUT2D eigenvalue weighted by atomic mass is 10.1. The van der Waals surface area contributed by atoms with E-state index in [1.54, 1.807) is 19.1 Å². The number of hydrogen-bond donors (Lipinski definition) is 2. The number of aryl methyl sites for hydroxylation is 1. The van der Waals surface area contributed by atoms with Crippen LogP contribution in [-0.4, -0.2) is 22.5 Å². The summed E-state index contributed by atoms with van der Waals surface area (Å²) in [6, 6.07) is 4.72. The summed E-state index contributed by atoms with van der Waals surface area (Å²) in [5.74, 6) is -0.990. The molecular formula is C9H9NO3. The molecule has 4 nitrogen and oxygen atoms in total. The summed E-state index contributed by atoms with van der Waals surface area (Å²) in [6.45, 7) is 1.78. The van der Waals surface area contributed by atoms with Crippen LogP contribution in [0.15, 0.2) is 23.4 Å². The van der Waals surface area contributed by atoms with Crippen LogP contribution in [0.1, 0.15) is 21.5 Å². The highest BCUT2D eigenvalue weighted by Crippen LogP contribution is 2.08. The molecule has 0 saturated heterocycles. The first-order valence-corrected chi connectivity index (χ1v) is 3.66. The van der Waals surface area contributed by atoms with E-state index >= 15 is 0 Å². The van der Waals surface area contributed by atoms with Gasteiger partial charge in [0.05, 0.1) is 11.8 Å². The van der Waals surface area contributed by atoms with Crippen molar-refractivity contribution in [1.29, 1.82) is 0 Å². The molecule has 13 heavy (non-hydrogen) atoms. The van der Waals surface area contributed by atoms with Gasteiger partial charge < -0.3 is 10.3 Å². The van der Waals surface area contributed by atoms with Gasteiger partial charge >= 0.3 is 5.97 Å². The maximum Gasteiger partial charge on any atom is 0.335 e. The van der Waals surface area contributed by atoms with E-state index in [1.807, 2.05) is 0 Å². The van der Waals surface area contributed by atoms with E-state index in [0.29, 0.717) is 5.56 Å². The zero-order valence-corrected chi connectivity index (χ0v) is 7.06. The van der Waals surface area contributed by atoms with E-state index < -0.39 is 5.97 Å². The average molecular weight is 179 g/mol. The van der Waals surface area contributed by atoms with Gasteiger partial charge in [0, 0.05) is 0 Å². The van der Waals surface area contributed by atoms with Gasteiger partial charge in [-0.3, -0.25) is 0 Å². The maximum absolute atomic E-state index is 10.6. The molecular weight excluding hydrogens is 170 g/mol. The van der Waals surface area contributed by atoms with Crippen LogP contribution in [-0.2, 0) is 0 Å². The lowest BCUT2D eigenvalue weighted by molar-refractivity contribution is 0.0696. The Balaban J connectivity index is 3.18. The number of aromatic carboxylic acids is 1. The number of carbonyl (C=O) groups is 1. The van der Waals surface area contributed by atoms with Crippen molar-refractivity contribution in [3.05, 3.63) is 34.9 Å². The Hall–Kier alpha value is -1.84. The summed E-state index contributed by atoms with van der Waals surface area (Å²) in [6.07, 6.45) is 1.19. The van der Waals surface area contributed by atoms with Gasteiger partial charge in [0.25, 0.3) is 0 Å². The van der Waals surface area contributed by atoms with E-state index in [0.717, 1.165) is 5.56 Å². The van der Waals surface area contributed by atoms with E-state index in [1.165, 1.54) is 12.3 Å². The van der Waals surface area contributed by atoms with Gasteiger partial charge in [-0.15, -0.1) is 0 Å². The Morgan fingerprint density at radius 2 is 2.15 bits per heavy atom. The van der Waals surface area contributed by atoms with Crippen molar-refractivity contribution in [1.82, 2.24) is 0 Å². The van der Waals surface area contributed by atoms with Gasteiger partial charge in [-0.1, -0.05) is 11.2 Å². The highest BCUT2D eigenvalue weighted by atomic mass is 16.4. The Morgan fingerprint density at radius 3 is 2.69 bits per heavy atom. The van der Waals surface area contributed by atoms with E-state index in [-0.39, 0.29) is 5.56 Å². The van der Waals surface area contributed by atoms with Crippen molar-refractivity contribution < 1.29 is 15.1 Å². The number of oxime groups is 1. The summed E-state index contributed by atoms with van der Waals surface area (Å²) in [7, 11) is 0. The first kappa shape index (κ1) is 9.25. The lowest BCUT2D eigenvalue weighted by Crippen LogP contribution is -1.98. The van der Waals surface area contributed by atoms with E-state index in [2.05, 4.69) is 5.16 Å². The predicted molar refractivity (Wildman–Crippen MR) is 47.5 cm³/mol. The Kier molecular flexibility index (Phi) is 2.64. The second-order valence-electron chi connectivity index (χ2n) is 2.68. The fourth-order valence-electron chi connectivity index (χ4n) is 1.08. The van der Waals surface area contributed by atoms with Crippen LogP contribution in [0.5, 0.6) is 0 Å². The number of hydrogen-bond acceptors (Lipinski definition) is 3. The highest BCUT2D eigenvalue weighted by Gasteiger charge is 2.03. The van der Waals surface area contributed by atoms with Crippen molar-refractivity contribution >= 4 is 12.2 Å². The van der Waals surface area contributed by atoms with E-state index in [9.17, 15) is 4.79 Å². The van der Waals surface area contributed by atoms with Crippen LogP contribution in [0.3, 0.4) is 0 Å². The normalized spacial score (nSPS) is 10.5. The smallest absolute Gasteiger partial charge is 0.335 e. The van der Waals surface area contributed by atoms with Crippen molar-refractivity contribution in [3.63, 3.8) is 0 Å². The number of rotatable bonds is 2. The quantitative estimate of drug-likeness (QED) is 0.410. The fraction of sp³-hybridized carbons (Fsp3) is 0.111. The molecule has 0 unspecified atom stereocenters. The molecule has 0 spiro atoms. The van der Waals surface area contributed by atoms with E-state index in [4.69, 9.17) is 10.3 Å². The molecule has 68 valence electrons. The van der Waals surface area contributed by atoms with Crippen LogP contribution in [0.4, 0.5) is 0 Å². The molecule has 0 atom stereocenters. The van der Waals surface area contributed by atoms with Crippen LogP contribution in [0.25, 0.3) is 0 Å². The summed E-state index contributed by atoms with van der Waals surface area (Å²) < 4.78 is 0. The summed E-state index contributed by atoms with van der Waals surface area (Å²) in [5, 5.41) is 19.8. The molecule has 0 radical (unpaired) electrons. The summed E-state index contributed by atoms with van der Waals surface area (Å²) in [4.78, 5) is 10.6. The molecule has 0 aliphatic heterocycles. The first-order chi connectivity index (χ1) is 6.13. The van der Waals surface area contributed by atoms with Crippen molar-refractivity contribution in [2.24, 2.45) is 5.16 Å². The summed E-state index contributed by atoms with van der Waals surface area (Å²) >= 11 is 0. The zero-order valence-electron chi connectivity index (χ0n) is 7.06. The standard InChI is InChI=1S/C9H9NO3/c1-6-2-7(5-10-13)4-8(3-6)9(11)12/h2-5,13H,1H3,(H,11,12). The zero-order chi connectivity index (χ0) is 9.84. The molecule has 0 amide bonds. The Morgan fingerprint density at radius 1 is 1.46 bits per heavy atom. The van der Waals surface area contributed by atoms with Crippen molar-refractivity contribution in [2.75, 3.05) is 0 Å². The molecule has 1 aromatic rings. The molecule has 1 aromatic carbocycles. The van der Waals surface area contributed by atoms with Crippen LogP contribution in [0, 0.1) is 6.92 Å². The van der Waals surface area contributed by atoms with Crippen LogP contribution >= 0.6 is 0 Å². The highest BCUT2D eigenvalue weighted by molar-refractivity contribution is 5.91. The average Bonchev–Trinajstić information content (AvgIpc) is 2.03. The minimum Gasteiger partial charge on any atom is -0.478 e. The Bertz CT molecular complexity index is 358. The number of benzene rings is 1. The molecule has 0 fully saturated rings. The van der Waals surface area contributed by atoms with Gasteiger partial charge in [-0.2, -0.15) is 0 Å². The third-order valence-electron chi connectivity index (χ3n) is 1.55. The van der Waals surface area contributed by atoms with Gasteiger partial charge in [0.1, 0.15) is 0 Å². The lowest BCUT2D eigenvalue weighted by Gasteiger charge is -1.99. The number of nitrogens with zero attached hydrogens (tertiary/aromatic N) is 1. The van der Waals surface area contributed by atoms with Gasteiger partial charge in [0.15, 0.2) is 0 Å². The Labute approximate surface area is 75.1 Å². The molecule has 0 aliphatic carbocycles. The van der Waals surface area contributed by atoms with Crippen molar-refractivity contribution in [3.8, 4) is 0 Å². The first-order valence-electron chi connectivity index (χ1n) is 3.66. The molecule has 0 aromatic heterocycles. The second-order valence-corrected chi connectivity index (χ2v) is 2.68. The molecule has 0 aliphatic rings. The van der Waals surface area contributed by atoms with Gasteiger partial charge in [0.2, 0.25) is 0 Å². The topological polar surface area (TPSA) is 69.9 Å². The number of carboxylic acid groups (broad SMARTS) is 1. The SMILES string of the molecule is Cc1cc(C=NO)cc(C(=O)O)c1. The van der Waals surface area contributed by atoms with Gasteiger partial charge in [-0.05, 0) is 30.2 Å². The maximum atomic E-state index is 10.6. The molecule has 4 heteroatoms. The third kappa shape index (κ3) is 2.30. The van der Waals surface area contributed by atoms with Crippen LogP contribution < -0.4 is 0 Å². The third-order valence-corrected chi connectivity index (χ3v) is 1.55. The minimum absolute atomic E-state index is 0.190. The minimum atomic E-state index is -0.990. The van der Waals surface area contributed by atoms with Crippen molar-refractivity contribution in [2.45, 2.75) is 6.92 Å². The van der Waals surface area contributed by atoms with Gasteiger partial charge in [-0.25, -0.2) is 4.79 Å². The second kappa shape index (κ2) is 3.71.